The van der Waals surface area contributed by atoms with E-state index < -0.39 is 0 Å². The predicted molar refractivity (Wildman–Crippen MR) is 66.5 cm³/mol. The minimum atomic E-state index is 0.740. The van der Waals surface area contributed by atoms with Crippen LogP contribution in [0.15, 0.2) is 11.4 Å². The summed E-state index contributed by atoms with van der Waals surface area (Å²) in [5, 5.41) is 2.22. The predicted octanol–water partition coefficient (Wildman–Crippen LogP) is 5.48. The van der Waals surface area contributed by atoms with Gasteiger partial charge in [0.2, 0.25) is 0 Å². The van der Waals surface area contributed by atoms with Crippen molar-refractivity contribution < 1.29 is 0 Å². The Bertz CT molecular complexity index is 255. The standard InChI is InChI=1S/C12H19ClS/c1-3-5-7-10(6-4-2)11-8-12(13)14-9-11/h8-10H,3-7H2,1-2H3. The van der Waals surface area contributed by atoms with Gasteiger partial charge in [0, 0.05) is 0 Å². The molecular formula is C12H19ClS. The van der Waals surface area contributed by atoms with Crippen LogP contribution in [-0.4, -0.2) is 0 Å². The van der Waals surface area contributed by atoms with Crippen molar-refractivity contribution >= 4 is 22.9 Å². The number of rotatable bonds is 6. The number of hydrogen-bond acceptors (Lipinski definition) is 1. The molecule has 0 N–H and O–H groups in total. The van der Waals surface area contributed by atoms with Crippen LogP contribution in [-0.2, 0) is 0 Å². The van der Waals surface area contributed by atoms with E-state index in [1.165, 1.54) is 37.7 Å². The molecule has 0 spiro atoms. The van der Waals surface area contributed by atoms with Crippen molar-refractivity contribution in [2.75, 3.05) is 0 Å². The van der Waals surface area contributed by atoms with Crippen LogP contribution in [0.3, 0.4) is 0 Å². The van der Waals surface area contributed by atoms with Crippen LogP contribution in [0, 0.1) is 0 Å². The van der Waals surface area contributed by atoms with Crippen LogP contribution >= 0.6 is 22.9 Å². The normalized spacial score (nSPS) is 13.1. The fourth-order valence-electron chi connectivity index (χ4n) is 1.81. The van der Waals surface area contributed by atoms with Crippen LogP contribution in [0.25, 0.3) is 0 Å². The summed E-state index contributed by atoms with van der Waals surface area (Å²) in [5.41, 5.74) is 1.45. The third-order valence-corrected chi connectivity index (χ3v) is 3.71. The summed E-state index contributed by atoms with van der Waals surface area (Å²) in [6, 6.07) is 2.14. The summed E-state index contributed by atoms with van der Waals surface area (Å²) in [7, 11) is 0. The number of thiophene rings is 1. The van der Waals surface area contributed by atoms with E-state index in [1.54, 1.807) is 11.3 Å². The van der Waals surface area contributed by atoms with Crippen LogP contribution in [0.5, 0.6) is 0 Å². The zero-order valence-corrected chi connectivity index (χ0v) is 10.6. The number of halogens is 1. The van der Waals surface area contributed by atoms with Crippen LogP contribution in [0.2, 0.25) is 4.34 Å². The van der Waals surface area contributed by atoms with Gasteiger partial charge in [0.1, 0.15) is 0 Å². The molecule has 0 bridgehead atoms. The molecule has 1 aromatic heterocycles. The minimum absolute atomic E-state index is 0.740. The van der Waals surface area contributed by atoms with Gasteiger partial charge in [0.25, 0.3) is 0 Å². The van der Waals surface area contributed by atoms with Crippen molar-refractivity contribution in [3.63, 3.8) is 0 Å². The Morgan fingerprint density at radius 3 is 2.57 bits per heavy atom. The molecule has 0 aromatic carbocycles. The molecule has 0 saturated carbocycles. The summed E-state index contributed by atoms with van der Waals surface area (Å²) in [6.45, 7) is 4.51. The third kappa shape index (κ3) is 3.62. The second-order valence-electron chi connectivity index (χ2n) is 3.81. The highest BCUT2D eigenvalue weighted by atomic mass is 35.5. The first-order valence-electron chi connectivity index (χ1n) is 5.51. The Morgan fingerprint density at radius 1 is 1.29 bits per heavy atom. The minimum Gasteiger partial charge on any atom is -0.132 e. The highest BCUT2D eigenvalue weighted by Gasteiger charge is 2.11. The SMILES string of the molecule is CCCCC(CCC)c1csc(Cl)c1. The average Bonchev–Trinajstić information content (AvgIpc) is 2.59. The van der Waals surface area contributed by atoms with Gasteiger partial charge in [-0.05, 0) is 35.8 Å². The fraction of sp³-hybridized carbons (Fsp3) is 0.667. The Balaban J connectivity index is 2.57. The maximum absolute atomic E-state index is 5.96. The highest BCUT2D eigenvalue weighted by molar-refractivity contribution is 7.14. The molecule has 14 heavy (non-hydrogen) atoms. The summed E-state index contributed by atoms with van der Waals surface area (Å²) >= 11 is 7.61. The van der Waals surface area contributed by atoms with E-state index in [-0.39, 0.29) is 0 Å². The van der Waals surface area contributed by atoms with Gasteiger partial charge >= 0.3 is 0 Å². The average molecular weight is 231 g/mol. The third-order valence-electron chi connectivity index (χ3n) is 2.60. The van der Waals surface area contributed by atoms with E-state index in [4.69, 9.17) is 11.6 Å². The van der Waals surface area contributed by atoms with Gasteiger partial charge in [-0.1, -0.05) is 44.7 Å². The zero-order chi connectivity index (χ0) is 10.4. The van der Waals surface area contributed by atoms with Crippen molar-refractivity contribution in [1.29, 1.82) is 0 Å². The van der Waals surface area contributed by atoms with Gasteiger partial charge in [-0.15, -0.1) is 11.3 Å². The van der Waals surface area contributed by atoms with E-state index in [2.05, 4.69) is 25.3 Å². The molecule has 0 amide bonds. The van der Waals surface area contributed by atoms with Crippen molar-refractivity contribution in [1.82, 2.24) is 0 Å². The van der Waals surface area contributed by atoms with Crippen molar-refractivity contribution in [2.24, 2.45) is 0 Å². The highest BCUT2D eigenvalue weighted by Crippen LogP contribution is 2.32. The molecule has 1 unspecified atom stereocenters. The van der Waals surface area contributed by atoms with Crippen molar-refractivity contribution in [3.05, 3.63) is 21.3 Å². The first kappa shape index (κ1) is 12.1. The Morgan fingerprint density at radius 2 is 2.07 bits per heavy atom. The first-order valence-corrected chi connectivity index (χ1v) is 6.77. The van der Waals surface area contributed by atoms with Crippen LogP contribution in [0.1, 0.15) is 57.4 Å². The lowest BCUT2D eigenvalue weighted by Crippen LogP contribution is -1.96. The van der Waals surface area contributed by atoms with E-state index in [0.717, 1.165) is 10.3 Å². The van der Waals surface area contributed by atoms with Gasteiger partial charge < -0.3 is 0 Å². The maximum Gasteiger partial charge on any atom is 0.0931 e. The van der Waals surface area contributed by atoms with E-state index in [9.17, 15) is 0 Å². The lowest BCUT2D eigenvalue weighted by molar-refractivity contribution is 0.542. The lowest BCUT2D eigenvalue weighted by atomic mass is 9.92. The van der Waals surface area contributed by atoms with E-state index in [0.29, 0.717) is 0 Å². The van der Waals surface area contributed by atoms with Crippen LogP contribution < -0.4 is 0 Å². The van der Waals surface area contributed by atoms with Crippen molar-refractivity contribution in [3.8, 4) is 0 Å². The molecular weight excluding hydrogens is 212 g/mol. The second kappa shape index (κ2) is 6.47. The number of unbranched alkanes of at least 4 members (excludes halogenated alkanes) is 1. The topological polar surface area (TPSA) is 0 Å². The summed E-state index contributed by atoms with van der Waals surface area (Å²) in [5.74, 6) is 0.740. The molecule has 2 heteroatoms. The van der Waals surface area contributed by atoms with Crippen molar-refractivity contribution in [2.45, 2.75) is 51.9 Å². The number of hydrogen-bond donors (Lipinski definition) is 0. The maximum atomic E-state index is 5.96. The molecule has 1 aromatic rings. The van der Waals surface area contributed by atoms with Gasteiger partial charge in [-0.2, -0.15) is 0 Å². The van der Waals surface area contributed by atoms with Crippen LogP contribution in [0.4, 0.5) is 0 Å². The first-order chi connectivity index (χ1) is 6.77. The quantitative estimate of drug-likeness (QED) is 0.608. The van der Waals surface area contributed by atoms with E-state index >= 15 is 0 Å². The molecule has 0 aliphatic carbocycles. The van der Waals surface area contributed by atoms with Gasteiger partial charge in [0.05, 0.1) is 4.34 Å². The summed E-state index contributed by atoms with van der Waals surface area (Å²) in [4.78, 5) is 0. The molecule has 0 aliphatic rings. The lowest BCUT2D eigenvalue weighted by Gasteiger charge is -2.13. The molecule has 80 valence electrons. The monoisotopic (exact) mass is 230 g/mol. The molecule has 0 fully saturated rings. The Labute approximate surface area is 96.3 Å². The van der Waals surface area contributed by atoms with Gasteiger partial charge in [0.15, 0.2) is 0 Å². The largest absolute Gasteiger partial charge is 0.132 e. The molecule has 0 aliphatic heterocycles. The molecule has 0 nitrogen and oxygen atoms in total. The smallest absolute Gasteiger partial charge is 0.0931 e. The summed E-state index contributed by atoms with van der Waals surface area (Å²) in [6.07, 6.45) is 6.50. The Hall–Kier alpha value is -0.0100. The molecule has 1 rings (SSSR count). The second-order valence-corrected chi connectivity index (χ2v) is 5.35. The Kier molecular flexibility index (Phi) is 5.57. The zero-order valence-electron chi connectivity index (χ0n) is 9.05. The van der Waals surface area contributed by atoms with E-state index in [1.807, 2.05) is 0 Å². The molecule has 1 atom stereocenters. The summed E-state index contributed by atoms with van der Waals surface area (Å²) < 4.78 is 0.928. The molecule has 0 radical (unpaired) electrons. The fourth-order valence-corrected chi connectivity index (χ4v) is 2.79. The van der Waals surface area contributed by atoms with Gasteiger partial charge in [-0.3, -0.25) is 0 Å². The molecule has 0 saturated heterocycles. The molecule has 1 heterocycles. The van der Waals surface area contributed by atoms with Gasteiger partial charge in [-0.25, -0.2) is 0 Å².